The third kappa shape index (κ3) is 3.53. The summed E-state index contributed by atoms with van der Waals surface area (Å²) >= 11 is 0. The third-order valence-corrected chi connectivity index (χ3v) is 10.4. The van der Waals surface area contributed by atoms with Crippen molar-refractivity contribution in [2.24, 2.45) is 46.3 Å². The molecule has 8 unspecified atom stereocenters. The Kier molecular flexibility index (Phi) is 5.74. The molecule has 0 bridgehead atoms. The van der Waals surface area contributed by atoms with E-state index in [-0.39, 0.29) is 6.10 Å². The molecule has 1 nitrogen and oxygen atoms in total. The highest BCUT2D eigenvalue weighted by Crippen LogP contribution is 2.67. The molecule has 1 N–H and O–H groups in total. The standard InChI is InChI=1S/C26H46O/c1-18(2)7-5-6-8-19-10-12-23-22-11-9-20-17-21(27)13-15-26(20,4)24(22)14-16-25(19,23)3/h18-24,27H,5-17H2,1-4H3. The van der Waals surface area contributed by atoms with Gasteiger partial charge < -0.3 is 5.11 Å². The molecular weight excluding hydrogens is 328 g/mol. The molecule has 0 aromatic carbocycles. The number of aliphatic hydroxyl groups excluding tert-OH is 1. The van der Waals surface area contributed by atoms with Gasteiger partial charge in [-0.2, -0.15) is 0 Å². The van der Waals surface area contributed by atoms with E-state index in [1.807, 2.05) is 0 Å². The van der Waals surface area contributed by atoms with Crippen LogP contribution in [0.25, 0.3) is 0 Å². The average molecular weight is 375 g/mol. The normalized spacial score (nSPS) is 49.6. The van der Waals surface area contributed by atoms with Crippen LogP contribution in [-0.2, 0) is 0 Å². The van der Waals surface area contributed by atoms with E-state index in [9.17, 15) is 5.11 Å². The van der Waals surface area contributed by atoms with Crippen molar-refractivity contribution in [1.29, 1.82) is 0 Å². The molecule has 0 aromatic heterocycles. The van der Waals surface area contributed by atoms with Crippen molar-refractivity contribution >= 4 is 0 Å². The van der Waals surface area contributed by atoms with Crippen molar-refractivity contribution in [3.8, 4) is 0 Å². The Labute approximate surface area is 169 Å². The van der Waals surface area contributed by atoms with Crippen LogP contribution in [0.15, 0.2) is 0 Å². The first-order valence-corrected chi connectivity index (χ1v) is 12.5. The van der Waals surface area contributed by atoms with E-state index in [0.29, 0.717) is 10.8 Å². The van der Waals surface area contributed by atoms with E-state index >= 15 is 0 Å². The predicted octanol–water partition coefficient (Wildman–Crippen LogP) is 7.22. The van der Waals surface area contributed by atoms with Crippen LogP contribution in [0.2, 0.25) is 0 Å². The predicted molar refractivity (Wildman–Crippen MR) is 115 cm³/mol. The average Bonchev–Trinajstić information content (AvgIpc) is 2.96. The van der Waals surface area contributed by atoms with Crippen molar-refractivity contribution in [2.45, 2.75) is 117 Å². The van der Waals surface area contributed by atoms with Gasteiger partial charge in [-0.1, -0.05) is 47.0 Å². The fourth-order valence-corrected chi connectivity index (χ4v) is 8.76. The molecule has 27 heavy (non-hydrogen) atoms. The minimum Gasteiger partial charge on any atom is -0.393 e. The van der Waals surface area contributed by atoms with E-state index in [1.54, 1.807) is 0 Å². The Morgan fingerprint density at radius 3 is 2.37 bits per heavy atom. The highest BCUT2D eigenvalue weighted by Gasteiger charge is 2.59. The smallest absolute Gasteiger partial charge is 0.0543 e. The maximum Gasteiger partial charge on any atom is 0.0543 e. The largest absolute Gasteiger partial charge is 0.393 e. The van der Waals surface area contributed by atoms with Crippen LogP contribution in [-0.4, -0.2) is 11.2 Å². The molecule has 0 amide bonds. The summed E-state index contributed by atoms with van der Waals surface area (Å²) in [5, 5.41) is 10.2. The maximum atomic E-state index is 10.2. The van der Waals surface area contributed by atoms with Gasteiger partial charge in [0.2, 0.25) is 0 Å². The number of aliphatic hydroxyl groups is 1. The minimum absolute atomic E-state index is 0.00446. The topological polar surface area (TPSA) is 20.2 Å². The van der Waals surface area contributed by atoms with Crippen molar-refractivity contribution in [3.63, 3.8) is 0 Å². The van der Waals surface area contributed by atoms with E-state index < -0.39 is 0 Å². The Morgan fingerprint density at radius 2 is 1.59 bits per heavy atom. The number of fused-ring (bicyclic) bond motifs is 5. The lowest BCUT2D eigenvalue weighted by Crippen LogP contribution is -2.53. The zero-order chi connectivity index (χ0) is 19.2. The number of hydrogen-bond donors (Lipinski definition) is 1. The van der Waals surface area contributed by atoms with E-state index in [2.05, 4.69) is 27.7 Å². The van der Waals surface area contributed by atoms with Gasteiger partial charge in [0.15, 0.2) is 0 Å². The summed E-state index contributed by atoms with van der Waals surface area (Å²) in [5.41, 5.74) is 1.19. The molecule has 4 fully saturated rings. The summed E-state index contributed by atoms with van der Waals surface area (Å²) in [6.45, 7) is 10.1. The third-order valence-electron chi connectivity index (χ3n) is 10.4. The maximum absolute atomic E-state index is 10.2. The van der Waals surface area contributed by atoms with E-state index in [4.69, 9.17) is 0 Å². The molecule has 0 spiro atoms. The summed E-state index contributed by atoms with van der Waals surface area (Å²) in [4.78, 5) is 0. The molecule has 4 aliphatic rings. The van der Waals surface area contributed by atoms with Gasteiger partial charge in [-0.05, 0) is 111 Å². The molecule has 4 saturated carbocycles. The van der Waals surface area contributed by atoms with E-state index in [1.165, 1.54) is 70.6 Å². The molecule has 8 atom stereocenters. The molecule has 0 aromatic rings. The number of hydrogen-bond acceptors (Lipinski definition) is 1. The molecule has 0 heterocycles. The molecular formula is C26H46O. The lowest BCUT2D eigenvalue weighted by molar-refractivity contribution is -0.127. The lowest BCUT2D eigenvalue weighted by Gasteiger charge is -2.61. The van der Waals surface area contributed by atoms with Crippen LogP contribution in [0.3, 0.4) is 0 Å². The van der Waals surface area contributed by atoms with Gasteiger partial charge in [0.05, 0.1) is 6.10 Å². The molecule has 4 aliphatic carbocycles. The summed E-state index contributed by atoms with van der Waals surface area (Å²) < 4.78 is 0. The first-order chi connectivity index (χ1) is 12.8. The van der Waals surface area contributed by atoms with Crippen molar-refractivity contribution < 1.29 is 5.11 Å². The fourth-order valence-electron chi connectivity index (χ4n) is 8.76. The van der Waals surface area contributed by atoms with Gasteiger partial charge in [-0.25, -0.2) is 0 Å². The molecule has 0 radical (unpaired) electrons. The first-order valence-electron chi connectivity index (χ1n) is 12.5. The van der Waals surface area contributed by atoms with Gasteiger partial charge in [-0.3, -0.25) is 0 Å². The second-order valence-corrected chi connectivity index (χ2v) is 12.1. The Morgan fingerprint density at radius 1 is 0.852 bits per heavy atom. The van der Waals surface area contributed by atoms with Crippen LogP contribution in [0, 0.1) is 46.3 Å². The molecule has 156 valence electrons. The van der Waals surface area contributed by atoms with Gasteiger partial charge in [0.1, 0.15) is 0 Å². The molecule has 0 saturated heterocycles. The zero-order valence-corrected chi connectivity index (χ0v) is 18.7. The Hall–Kier alpha value is -0.0400. The lowest BCUT2D eigenvalue weighted by atomic mass is 9.44. The molecule has 1 heteroatoms. The Bertz CT molecular complexity index is 512. The quantitative estimate of drug-likeness (QED) is 0.503. The van der Waals surface area contributed by atoms with E-state index in [0.717, 1.165) is 48.3 Å². The fraction of sp³-hybridized carbons (Fsp3) is 1.00. The van der Waals surface area contributed by atoms with Gasteiger partial charge >= 0.3 is 0 Å². The van der Waals surface area contributed by atoms with Crippen LogP contribution in [0.5, 0.6) is 0 Å². The highest BCUT2D eigenvalue weighted by molar-refractivity contribution is 5.09. The first kappa shape index (κ1) is 20.2. The van der Waals surface area contributed by atoms with Crippen LogP contribution < -0.4 is 0 Å². The van der Waals surface area contributed by atoms with Gasteiger partial charge in [0, 0.05) is 0 Å². The second kappa shape index (κ2) is 7.66. The SMILES string of the molecule is CC(C)CCCCC1CCC2C3CCC4CC(O)CCC4(C)C3CCC12C. The van der Waals surface area contributed by atoms with Crippen molar-refractivity contribution in [1.82, 2.24) is 0 Å². The second-order valence-electron chi connectivity index (χ2n) is 12.1. The van der Waals surface area contributed by atoms with Gasteiger partial charge in [-0.15, -0.1) is 0 Å². The molecule has 4 rings (SSSR count). The number of unbranched alkanes of at least 4 members (excludes halogenated alkanes) is 1. The Balaban J connectivity index is 1.43. The number of rotatable bonds is 5. The van der Waals surface area contributed by atoms with Gasteiger partial charge in [0.25, 0.3) is 0 Å². The molecule has 0 aliphatic heterocycles. The zero-order valence-electron chi connectivity index (χ0n) is 18.7. The van der Waals surface area contributed by atoms with Crippen LogP contribution in [0.1, 0.15) is 111 Å². The highest BCUT2D eigenvalue weighted by atomic mass is 16.3. The van der Waals surface area contributed by atoms with Crippen molar-refractivity contribution in [3.05, 3.63) is 0 Å². The minimum atomic E-state index is -0.00446. The van der Waals surface area contributed by atoms with Crippen LogP contribution in [0.4, 0.5) is 0 Å². The summed E-state index contributed by atoms with van der Waals surface area (Å²) in [6.07, 6.45) is 18.2. The summed E-state index contributed by atoms with van der Waals surface area (Å²) in [6, 6.07) is 0. The monoisotopic (exact) mass is 374 g/mol. The van der Waals surface area contributed by atoms with Crippen LogP contribution >= 0.6 is 0 Å². The van der Waals surface area contributed by atoms with Crippen molar-refractivity contribution in [2.75, 3.05) is 0 Å². The summed E-state index contributed by atoms with van der Waals surface area (Å²) in [5.74, 6) is 5.66. The summed E-state index contributed by atoms with van der Waals surface area (Å²) in [7, 11) is 0.